The Labute approximate surface area is 199 Å². The van der Waals surface area contributed by atoms with Crippen molar-refractivity contribution in [1.82, 2.24) is 19.6 Å². The minimum atomic E-state index is -0.164. The second-order valence-corrected chi connectivity index (χ2v) is 9.46. The monoisotopic (exact) mass is 468 g/mol. The van der Waals surface area contributed by atoms with Crippen LogP contribution in [0, 0.1) is 12.8 Å². The number of fused-ring (bicyclic) bond motifs is 3. The molecule has 0 saturated carbocycles. The molecular weight excluding hydrogens is 436 g/mol. The number of furan rings is 1. The lowest BCUT2D eigenvalue weighted by atomic mass is 9.93. The number of hydrogen-bond donors (Lipinski definition) is 0. The summed E-state index contributed by atoms with van der Waals surface area (Å²) in [6.07, 6.45) is 6.76. The third kappa shape index (κ3) is 4.12. The average molecular weight is 469 g/mol. The molecule has 4 heterocycles. The van der Waals surface area contributed by atoms with Crippen LogP contribution >= 0.6 is 0 Å². The highest BCUT2D eigenvalue weighted by atomic mass is 16.5. The molecule has 0 unspecified atom stereocenters. The van der Waals surface area contributed by atoms with Crippen LogP contribution in [0.2, 0.25) is 0 Å². The number of rotatable bonds is 5. The maximum atomic E-state index is 13.0. The van der Waals surface area contributed by atoms with Gasteiger partial charge in [0, 0.05) is 49.9 Å². The van der Waals surface area contributed by atoms with Gasteiger partial charge in [-0.1, -0.05) is 0 Å². The summed E-state index contributed by atoms with van der Waals surface area (Å²) >= 11 is 0. The van der Waals surface area contributed by atoms with Gasteiger partial charge in [0.05, 0.1) is 18.2 Å². The van der Waals surface area contributed by atoms with Crippen molar-refractivity contribution < 1.29 is 23.5 Å². The molecule has 0 atom stereocenters. The number of carbonyl (C=O) groups excluding carboxylic acids is 3. The molecule has 2 saturated heterocycles. The largest absolute Gasteiger partial charge is 0.466 e. The molecule has 1 aliphatic carbocycles. The van der Waals surface area contributed by atoms with Crippen molar-refractivity contribution in [2.75, 3.05) is 32.8 Å². The zero-order valence-corrected chi connectivity index (χ0v) is 20.0. The van der Waals surface area contributed by atoms with Gasteiger partial charge < -0.3 is 19.0 Å². The van der Waals surface area contributed by atoms with E-state index in [1.165, 1.54) is 0 Å². The minimum absolute atomic E-state index is 0.00352. The van der Waals surface area contributed by atoms with Gasteiger partial charge in [0.15, 0.2) is 5.76 Å². The Morgan fingerprint density at radius 1 is 1.09 bits per heavy atom. The topological polar surface area (TPSA) is 97.9 Å². The molecule has 2 aliphatic heterocycles. The Hall–Kier alpha value is -3.10. The lowest BCUT2D eigenvalue weighted by molar-refractivity contribution is -0.151. The molecule has 2 amide bonds. The molecule has 2 aromatic heterocycles. The lowest BCUT2D eigenvalue weighted by Gasteiger charge is -2.30. The van der Waals surface area contributed by atoms with Crippen LogP contribution in [0.3, 0.4) is 0 Å². The first-order valence-corrected chi connectivity index (χ1v) is 12.4. The van der Waals surface area contributed by atoms with E-state index in [0.717, 1.165) is 66.9 Å². The highest BCUT2D eigenvalue weighted by Gasteiger charge is 2.33. The molecule has 2 aromatic rings. The van der Waals surface area contributed by atoms with Gasteiger partial charge in [-0.2, -0.15) is 5.10 Å². The Morgan fingerprint density at radius 3 is 2.53 bits per heavy atom. The van der Waals surface area contributed by atoms with Crippen molar-refractivity contribution in [3.63, 3.8) is 0 Å². The second-order valence-electron chi connectivity index (χ2n) is 9.46. The number of esters is 1. The van der Waals surface area contributed by atoms with Gasteiger partial charge in [-0.05, 0) is 51.5 Å². The Kier molecular flexibility index (Phi) is 6.18. The maximum absolute atomic E-state index is 13.0. The summed E-state index contributed by atoms with van der Waals surface area (Å²) in [5.41, 5.74) is 3.64. The highest BCUT2D eigenvalue weighted by Crippen LogP contribution is 2.39. The van der Waals surface area contributed by atoms with E-state index in [0.29, 0.717) is 38.3 Å². The van der Waals surface area contributed by atoms with Crippen LogP contribution in [-0.4, -0.2) is 70.1 Å². The molecule has 0 bridgehead atoms. The summed E-state index contributed by atoms with van der Waals surface area (Å²) in [6.45, 7) is 6.94. The smallest absolute Gasteiger partial charge is 0.309 e. The Bertz CT molecular complexity index is 1100. The van der Waals surface area contributed by atoms with Gasteiger partial charge in [-0.25, -0.2) is 0 Å². The number of amides is 2. The van der Waals surface area contributed by atoms with Gasteiger partial charge in [0.1, 0.15) is 12.3 Å². The summed E-state index contributed by atoms with van der Waals surface area (Å²) in [6, 6.07) is 0. The number of aryl methyl sites for hydroxylation is 2. The summed E-state index contributed by atoms with van der Waals surface area (Å²) in [5.74, 6) is 0.909. The molecule has 0 N–H and O–H groups in total. The fourth-order valence-electron chi connectivity index (χ4n) is 5.38. The first-order chi connectivity index (χ1) is 16.5. The first-order valence-electron chi connectivity index (χ1n) is 12.4. The van der Waals surface area contributed by atoms with Gasteiger partial charge in [-0.3, -0.25) is 19.1 Å². The number of aromatic nitrogens is 2. The van der Waals surface area contributed by atoms with Crippen molar-refractivity contribution in [3.05, 3.63) is 28.8 Å². The van der Waals surface area contributed by atoms with Gasteiger partial charge in [0.25, 0.3) is 5.91 Å². The van der Waals surface area contributed by atoms with Crippen LogP contribution in [0.4, 0.5) is 0 Å². The number of likely N-dealkylation sites (tertiary alicyclic amines) is 2. The van der Waals surface area contributed by atoms with Gasteiger partial charge in [-0.15, -0.1) is 0 Å². The van der Waals surface area contributed by atoms with Crippen LogP contribution in [0.15, 0.2) is 10.6 Å². The molecule has 0 aromatic carbocycles. The molecule has 34 heavy (non-hydrogen) atoms. The maximum Gasteiger partial charge on any atom is 0.309 e. The van der Waals surface area contributed by atoms with Crippen LogP contribution in [0.25, 0.3) is 11.3 Å². The SMILES string of the molecule is CCOC(=O)C1CCN(C(=O)Cn2cc3c(n2)-c2c(oc(C(=O)N4CCCC4)c2C)CC3)CC1. The quantitative estimate of drug-likeness (QED) is 0.626. The standard InChI is InChI=1S/C25H32N4O5/c1-3-33-25(32)17-8-12-27(13-9-17)20(30)15-29-14-18-6-7-19-21(22(18)26-29)16(2)23(34-19)24(31)28-10-4-5-11-28/h14,17H,3-13,15H2,1-2H3. The van der Waals surface area contributed by atoms with Crippen LogP contribution in [0.1, 0.15) is 60.0 Å². The summed E-state index contributed by atoms with van der Waals surface area (Å²) in [5, 5.41) is 4.74. The zero-order chi connectivity index (χ0) is 23.8. The fraction of sp³-hybridized carbons (Fsp3) is 0.600. The number of ether oxygens (including phenoxy) is 1. The van der Waals surface area contributed by atoms with E-state index in [-0.39, 0.29) is 30.2 Å². The molecule has 0 spiro atoms. The van der Waals surface area contributed by atoms with E-state index < -0.39 is 0 Å². The van der Waals surface area contributed by atoms with E-state index in [9.17, 15) is 14.4 Å². The van der Waals surface area contributed by atoms with Gasteiger partial charge >= 0.3 is 5.97 Å². The van der Waals surface area contributed by atoms with E-state index in [1.54, 1.807) is 16.5 Å². The number of hydrogen-bond acceptors (Lipinski definition) is 6. The molecule has 5 rings (SSSR count). The van der Waals surface area contributed by atoms with E-state index >= 15 is 0 Å². The molecule has 182 valence electrons. The van der Waals surface area contributed by atoms with Crippen LogP contribution in [-0.2, 0) is 33.7 Å². The van der Waals surface area contributed by atoms with E-state index in [1.807, 2.05) is 18.0 Å². The third-order valence-corrected chi connectivity index (χ3v) is 7.27. The third-order valence-electron chi connectivity index (χ3n) is 7.27. The number of piperidine rings is 1. The minimum Gasteiger partial charge on any atom is -0.466 e. The van der Waals surface area contributed by atoms with E-state index in [4.69, 9.17) is 14.3 Å². The summed E-state index contributed by atoms with van der Waals surface area (Å²) < 4.78 is 12.9. The van der Waals surface area contributed by atoms with Gasteiger partial charge in [0.2, 0.25) is 5.91 Å². The average Bonchev–Trinajstić information content (AvgIpc) is 3.57. The van der Waals surface area contributed by atoms with E-state index in [2.05, 4.69) is 0 Å². The normalized spacial score (nSPS) is 18.1. The molecule has 3 aliphatic rings. The first kappa shape index (κ1) is 22.7. The van der Waals surface area contributed by atoms with Crippen molar-refractivity contribution in [1.29, 1.82) is 0 Å². The number of carbonyl (C=O) groups is 3. The Balaban J connectivity index is 1.28. The van der Waals surface area contributed by atoms with Crippen LogP contribution in [0.5, 0.6) is 0 Å². The van der Waals surface area contributed by atoms with Crippen molar-refractivity contribution in [2.45, 2.75) is 58.9 Å². The predicted octanol–water partition coefficient (Wildman–Crippen LogP) is 2.59. The zero-order valence-electron chi connectivity index (χ0n) is 20.0. The molecule has 9 heteroatoms. The Morgan fingerprint density at radius 2 is 1.82 bits per heavy atom. The summed E-state index contributed by atoms with van der Waals surface area (Å²) in [4.78, 5) is 41.5. The number of nitrogens with zero attached hydrogens (tertiary/aromatic N) is 4. The predicted molar refractivity (Wildman–Crippen MR) is 123 cm³/mol. The molecular formula is C25H32N4O5. The fourth-order valence-corrected chi connectivity index (χ4v) is 5.38. The van der Waals surface area contributed by atoms with Crippen molar-refractivity contribution in [3.8, 4) is 11.3 Å². The molecule has 2 fully saturated rings. The van der Waals surface area contributed by atoms with Crippen LogP contribution < -0.4 is 0 Å². The lowest BCUT2D eigenvalue weighted by Crippen LogP contribution is -2.42. The van der Waals surface area contributed by atoms with Crippen molar-refractivity contribution in [2.24, 2.45) is 5.92 Å². The second kappa shape index (κ2) is 9.27. The molecule has 9 nitrogen and oxygen atoms in total. The molecule has 0 radical (unpaired) electrons. The highest BCUT2D eigenvalue weighted by molar-refractivity contribution is 5.95. The summed E-state index contributed by atoms with van der Waals surface area (Å²) in [7, 11) is 0. The van der Waals surface area contributed by atoms with Crippen molar-refractivity contribution >= 4 is 17.8 Å².